The van der Waals surface area contributed by atoms with Crippen LogP contribution in [-0.2, 0) is 0 Å². The molecule has 1 unspecified atom stereocenters. The maximum absolute atomic E-state index is 9.33. The average Bonchev–Trinajstić information content (AvgIpc) is 3.00. The van der Waals surface area contributed by atoms with Crippen LogP contribution in [0.2, 0.25) is 0 Å². The minimum atomic E-state index is -0.158. The fraction of sp³-hybridized carbons (Fsp3) is 0.278. The van der Waals surface area contributed by atoms with E-state index in [1.165, 1.54) is 5.56 Å². The largest absolute Gasteiger partial charge is 0.493 e. The van der Waals surface area contributed by atoms with Gasteiger partial charge >= 0.3 is 0 Å². The number of nitrogens with zero attached hydrogens (tertiary/aromatic N) is 1. The monoisotopic (exact) mass is 295 g/mol. The Balaban J connectivity index is 1.57. The van der Waals surface area contributed by atoms with Gasteiger partial charge in [-0.3, -0.25) is 0 Å². The molecule has 0 bridgehead atoms. The number of hydrogen-bond donors (Lipinski definition) is 0. The van der Waals surface area contributed by atoms with E-state index in [2.05, 4.69) is 6.07 Å². The lowest BCUT2D eigenvalue weighted by Crippen LogP contribution is -2.04. The number of rotatable bonds is 5. The van der Waals surface area contributed by atoms with E-state index in [1.54, 1.807) is 0 Å². The number of benzene rings is 2. The molecule has 0 saturated heterocycles. The number of fused-ring (bicyclic) bond motifs is 1. The maximum Gasteiger partial charge on any atom is 0.231 e. The van der Waals surface area contributed by atoms with E-state index < -0.39 is 0 Å². The highest BCUT2D eigenvalue weighted by molar-refractivity contribution is 5.46. The summed E-state index contributed by atoms with van der Waals surface area (Å²) in [6.07, 6.45) is 0.647. The van der Waals surface area contributed by atoms with Gasteiger partial charge in [-0.15, -0.1) is 0 Å². The highest BCUT2D eigenvalue weighted by Crippen LogP contribution is 2.35. The molecule has 1 atom stereocenters. The van der Waals surface area contributed by atoms with E-state index in [4.69, 9.17) is 14.2 Å². The van der Waals surface area contributed by atoms with Crippen LogP contribution in [0.3, 0.4) is 0 Å². The quantitative estimate of drug-likeness (QED) is 0.842. The highest BCUT2D eigenvalue weighted by atomic mass is 16.7. The van der Waals surface area contributed by atoms with Crippen LogP contribution in [0.15, 0.2) is 42.5 Å². The molecular weight excluding hydrogens is 278 g/mol. The summed E-state index contributed by atoms with van der Waals surface area (Å²) in [4.78, 5) is 0. The van der Waals surface area contributed by atoms with E-state index in [-0.39, 0.29) is 12.7 Å². The van der Waals surface area contributed by atoms with Crippen LogP contribution in [0.25, 0.3) is 0 Å². The maximum atomic E-state index is 9.33. The molecular formula is C18H17NO3. The van der Waals surface area contributed by atoms with Crippen LogP contribution in [0.4, 0.5) is 0 Å². The number of hydrogen-bond acceptors (Lipinski definition) is 4. The molecule has 0 radical (unpaired) electrons. The molecule has 0 N–H and O–H groups in total. The summed E-state index contributed by atoms with van der Waals surface area (Å²) in [6, 6.07) is 15.9. The Morgan fingerprint density at radius 3 is 2.68 bits per heavy atom. The zero-order valence-electron chi connectivity index (χ0n) is 12.4. The van der Waals surface area contributed by atoms with Crippen LogP contribution >= 0.6 is 0 Å². The van der Waals surface area contributed by atoms with Crippen molar-refractivity contribution in [3.63, 3.8) is 0 Å². The van der Waals surface area contributed by atoms with Gasteiger partial charge in [0.2, 0.25) is 6.79 Å². The van der Waals surface area contributed by atoms with Gasteiger partial charge in [-0.2, -0.15) is 5.26 Å². The van der Waals surface area contributed by atoms with Gasteiger partial charge in [0.15, 0.2) is 11.5 Å². The van der Waals surface area contributed by atoms with E-state index in [9.17, 15) is 5.26 Å². The summed E-state index contributed by atoms with van der Waals surface area (Å²) in [5.74, 6) is 2.01. The topological polar surface area (TPSA) is 51.5 Å². The first-order valence-electron chi connectivity index (χ1n) is 7.25. The summed E-state index contributed by atoms with van der Waals surface area (Å²) in [5, 5.41) is 9.33. The third-order valence-electron chi connectivity index (χ3n) is 3.65. The number of ether oxygens (including phenoxy) is 3. The van der Waals surface area contributed by atoms with Gasteiger partial charge in [0.05, 0.1) is 18.6 Å². The normalized spacial score (nSPS) is 13.5. The summed E-state index contributed by atoms with van der Waals surface area (Å²) in [5.41, 5.74) is 2.22. The standard InChI is InChI=1S/C18H17NO3/c1-13-2-4-14(5-3-13)15(11-19)8-9-20-16-6-7-17-18(10-16)22-12-21-17/h2-7,10,15H,8-9,12H2,1H3. The molecule has 0 fully saturated rings. The van der Waals surface area contributed by atoms with Crippen molar-refractivity contribution in [3.8, 4) is 23.3 Å². The molecule has 2 aromatic rings. The second kappa shape index (κ2) is 6.40. The van der Waals surface area contributed by atoms with Crippen LogP contribution in [0, 0.1) is 18.3 Å². The lowest BCUT2D eigenvalue weighted by atomic mass is 9.97. The fourth-order valence-electron chi connectivity index (χ4n) is 2.37. The first-order chi connectivity index (χ1) is 10.8. The van der Waals surface area contributed by atoms with E-state index in [0.717, 1.165) is 17.1 Å². The zero-order chi connectivity index (χ0) is 15.4. The Morgan fingerprint density at radius 1 is 1.14 bits per heavy atom. The van der Waals surface area contributed by atoms with Gasteiger partial charge in [0.1, 0.15) is 5.75 Å². The van der Waals surface area contributed by atoms with Gasteiger partial charge < -0.3 is 14.2 Å². The average molecular weight is 295 g/mol. The molecule has 0 aromatic heterocycles. The third kappa shape index (κ3) is 3.15. The van der Waals surface area contributed by atoms with Crippen molar-refractivity contribution in [2.75, 3.05) is 13.4 Å². The minimum absolute atomic E-state index is 0.158. The Hall–Kier alpha value is -2.67. The first kappa shape index (κ1) is 14.3. The van der Waals surface area contributed by atoms with Gasteiger partial charge in [-0.1, -0.05) is 29.8 Å². The predicted octanol–water partition coefficient (Wildman–Crippen LogP) is 3.80. The van der Waals surface area contributed by atoms with Crippen LogP contribution in [0.5, 0.6) is 17.2 Å². The summed E-state index contributed by atoms with van der Waals surface area (Å²) in [6.45, 7) is 2.77. The Bertz CT molecular complexity index is 688. The Labute approximate surface area is 129 Å². The van der Waals surface area contributed by atoms with E-state index in [1.807, 2.05) is 49.4 Å². The minimum Gasteiger partial charge on any atom is -0.493 e. The lowest BCUT2D eigenvalue weighted by molar-refractivity contribution is 0.173. The van der Waals surface area contributed by atoms with Crippen molar-refractivity contribution < 1.29 is 14.2 Å². The van der Waals surface area contributed by atoms with Crippen LogP contribution < -0.4 is 14.2 Å². The zero-order valence-corrected chi connectivity index (χ0v) is 12.4. The second-order valence-electron chi connectivity index (χ2n) is 5.24. The predicted molar refractivity (Wildman–Crippen MR) is 82.2 cm³/mol. The molecule has 22 heavy (non-hydrogen) atoms. The molecule has 3 rings (SSSR count). The van der Waals surface area contributed by atoms with Gasteiger partial charge in [0, 0.05) is 12.5 Å². The molecule has 0 spiro atoms. The molecule has 0 amide bonds. The van der Waals surface area contributed by atoms with Crippen molar-refractivity contribution in [2.45, 2.75) is 19.3 Å². The summed E-state index contributed by atoms with van der Waals surface area (Å²) >= 11 is 0. The van der Waals surface area contributed by atoms with Crippen molar-refractivity contribution in [1.82, 2.24) is 0 Å². The molecule has 0 aliphatic carbocycles. The highest BCUT2D eigenvalue weighted by Gasteiger charge is 2.14. The van der Waals surface area contributed by atoms with Crippen molar-refractivity contribution >= 4 is 0 Å². The molecule has 4 heteroatoms. The number of aryl methyl sites for hydroxylation is 1. The molecule has 112 valence electrons. The molecule has 2 aromatic carbocycles. The molecule has 0 saturated carbocycles. The summed E-state index contributed by atoms with van der Waals surface area (Å²) < 4.78 is 16.3. The lowest BCUT2D eigenvalue weighted by Gasteiger charge is -2.11. The summed E-state index contributed by atoms with van der Waals surface area (Å²) in [7, 11) is 0. The third-order valence-corrected chi connectivity index (χ3v) is 3.65. The Kier molecular flexibility index (Phi) is 4.15. The van der Waals surface area contributed by atoms with Crippen molar-refractivity contribution in [2.24, 2.45) is 0 Å². The Morgan fingerprint density at radius 2 is 1.91 bits per heavy atom. The SMILES string of the molecule is Cc1ccc(C(C#N)CCOc2ccc3c(c2)OCO3)cc1. The fourth-order valence-corrected chi connectivity index (χ4v) is 2.37. The van der Waals surface area contributed by atoms with Crippen molar-refractivity contribution in [1.29, 1.82) is 5.26 Å². The van der Waals surface area contributed by atoms with Crippen molar-refractivity contribution in [3.05, 3.63) is 53.6 Å². The van der Waals surface area contributed by atoms with Crippen LogP contribution in [-0.4, -0.2) is 13.4 Å². The smallest absolute Gasteiger partial charge is 0.231 e. The molecule has 1 aliphatic rings. The molecule has 1 aliphatic heterocycles. The van der Waals surface area contributed by atoms with Gasteiger partial charge in [-0.25, -0.2) is 0 Å². The van der Waals surface area contributed by atoms with Gasteiger partial charge in [0.25, 0.3) is 0 Å². The van der Waals surface area contributed by atoms with Gasteiger partial charge in [-0.05, 0) is 24.6 Å². The van der Waals surface area contributed by atoms with Crippen LogP contribution in [0.1, 0.15) is 23.5 Å². The molecule has 1 heterocycles. The second-order valence-corrected chi connectivity index (χ2v) is 5.24. The number of nitriles is 1. The first-order valence-corrected chi connectivity index (χ1v) is 7.25. The van der Waals surface area contributed by atoms with E-state index >= 15 is 0 Å². The molecule has 4 nitrogen and oxygen atoms in total. The van der Waals surface area contributed by atoms with E-state index in [0.29, 0.717) is 18.8 Å².